The number of rotatable bonds is 6. The van der Waals surface area contributed by atoms with Crippen LogP contribution in [0.3, 0.4) is 0 Å². The summed E-state index contributed by atoms with van der Waals surface area (Å²) in [6, 6.07) is 26.5. The molecule has 0 aliphatic heterocycles. The van der Waals surface area contributed by atoms with Crippen LogP contribution in [-0.2, 0) is 6.54 Å². The van der Waals surface area contributed by atoms with E-state index in [1.165, 1.54) is 5.56 Å². The van der Waals surface area contributed by atoms with Crippen molar-refractivity contribution in [2.75, 3.05) is 17.7 Å². The van der Waals surface area contributed by atoms with Gasteiger partial charge in [0.25, 0.3) is 0 Å². The summed E-state index contributed by atoms with van der Waals surface area (Å²) in [4.78, 5) is 0. The van der Waals surface area contributed by atoms with Crippen LogP contribution in [0.5, 0.6) is 5.75 Å². The molecule has 3 aromatic carbocycles. The van der Waals surface area contributed by atoms with Crippen LogP contribution in [0.4, 0.5) is 17.1 Å². The van der Waals surface area contributed by atoms with E-state index in [9.17, 15) is 0 Å². The van der Waals surface area contributed by atoms with Crippen molar-refractivity contribution in [2.45, 2.75) is 6.54 Å². The van der Waals surface area contributed by atoms with Crippen LogP contribution in [-0.4, -0.2) is 7.11 Å². The highest BCUT2D eigenvalue weighted by Gasteiger charge is 1.97. The van der Waals surface area contributed by atoms with Crippen molar-refractivity contribution < 1.29 is 4.74 Å². The Kier molecular flexibility index (Phi) is 8.68. The van der Waals surface area contributed by atoms with E-state index in [4.69, 9.17) is 4.74 Å². The first-order chi connectivity index (χ1) is 11.3. The summed E-state index contributed by atoms with van der Waals surface area (Å²) in [6.45, 7) is 0.787. The zero-order valence-corrected chi connectivity index (χ0v) is 15.6. The third-order valence-electron chi connectivity index (χ3n) is 3.60. The molecule has 0 aromatic heterocycles. The molecular formula is C20H22Cl2N2O. The Labute approximate surface area is 161 Å². The molecule has 25 heavy (non-hydrogen) atoms. The van der Waals surface area contributed by atoms with Crippen molar-refractivity contribution in [1.82, 2.24) is 0 Å². The molecule has 3 aromatic rings. The summed E-state index contributed by atoms with van der Waals surface area (Å²) in [6.07, 6.45) is 0. The van der Waals surface area contributed by atoms with Crippen molar-refractivity contribution in [1.29, 1.82) is 0 Å². The van der Waals surface area contributed by atoms with E-state index in [0.29, 0.717) is 0 Å². The molecule has 0 fully saturated rings. The van der Waals surface area contributed by atoms with Gasteiger partial charge in [-0.05, 0) is 54.1 Å². The van der Waals surface area contributed by atoms with Crippen LogP contribution in [0.1, 0.15) is 5.56 Å². The number of hydrogen-bond donors (Lipinski definition) is 2. The van der Waals surface area contributed by atoms with Crippen LogP contribution in [0.15, 0.2) is 78.9 Å². The number of nitrogens with one attached hydrogen (secondary N) is 2. The van der Waals surface area contributed by atoms with Gasteiger partial charge in [0.15, 0.2) is 0 Å². The first-order valence-corrected chi connectivity index (χ1v) is 7.62. The van der Waals surface area contributed by atoms with Gasteiger partial charge in [-0.1, -0.05) is 30.3 Å². The van der Waals surface area contributed by atoms with Crippen molar-refractivity contribution >= 4 is 41.9 Å². The summed E-state index contributed by atoms with van der Waals surface area (Å²) >= 11 is 0. The van der Waals surface area contributed by atoms with Crippen molar-refractivity contribution in [3.05, 3.63) is 84.4 Å². The summed E-state index contributed by atoms with van der Waals surface area (Å²) < 4.78 is 5.17. The molecule has 0 saturated carbocycles. The quantitative estimate of drug-likeness (QED) is 0.562. The minimum absolute atomic E-state index is 0. The summed E-state index contributed by atoms with van der Waals surface area (Å²) in [5.74, 6) is 0.880. The molecule has 0 aliphatic carbocycles. The third-order valence-corrected chi connectivity index (χ3v) is 3.60. The number of hydrogen-bond acceptors (Lipinski definition) is 3. The number of para-hydroxylation sites is 1. The molecule has 0 radical (unpaired) electrons. The average Bonchev–Trinajstić information content (AvgIpc) is 2.62. The Morgan fingerprint density at radius 1 is 0.680 bits per heavy atom. The summed E-state index contributed by atoms with van der Waals surface area (Å²) in [7, 11) is 1.68. The number of anilines is 3. The lowest BCUT2D eigenvalue weighted by atomic mass is 10.2. The van der Waals surface area contributed by atoms with Gasteiger partial charge in [0.2, 0.25) is 0 Å². The maximum absolute atomic E-state index is 5.17. The Morgan fingerprint density at radius 3 is 1.84 bits per heavy atom. The highest BCUT2D eigenvalue weighted by Crippen LogP contribution is 2.19. The van der Waals surface area contributed by atoms with E-state index in [-0.39, 0.29) is 24.8 Å². The predicted molar refractivity (Wildman–Crippen MR) is 111 cm³/mol. The Hall–Kier alpha value is -2.36. The van der Waals surface area contributed by atoms with Crippen LogP contribution in [0, 0.1) is 0 Å². The SMILES string of the molecule is COc1ccc(CNc2ccc(Nc3ccccc3)cc2)cc1.Cl.Cl. The zero-order chi connectivity index (χ0) is 15.9. The van der Waals surface area contributed by atoms with Crippen LogP contribution in [0.25, 0.3) is 0 Å². The molecule has 0 atom stereocenters. The minimum Gasteiger partial charge on any atom is -0.497 e. The second kappa shape index (κ2) is 10.5. The molecular weight excluding hydrogens is 355 g/mol. The molecule has 3 nitrogen and oxygen atoms in total. The van der Waals surface area contributed by atoms with Gasteiger partial charge in [-0.25, -0.2) is 0 Å². The lowest BCUT2D eigenvalue weighted by Gasteiger charge is -2.10. The van der Waals surface area contributed by atoms with Crippen LogP contribution < -0.4 is 15.4 Å². The molecule has 2 N–H and O–H groups in total. The molecule has 132 valence electrons. The first kappa shape index (κ1) is 20.7. The van der Waals surface area contributed by atoms with Crippen molar-refractivity contribution in [2.24, 2.45) is 0 Å². The highest BCUT2D eigenvalue weighted by atomic mass is 35.5. The molecule has 0 heterocycles. The third kappa shape index (κ3) is 6.22. The number of benzene rings is 3. The monoisotopic (exact) mass is 376 g/mol. The smallest absolute Gasteiger partial charge is 0.118 e. The Balaban J connectivity index is 0.00000156. The van der Waals surface area contributed by atoms with E-state index >= 15 is 0 Å². The molecule has 0 spiro atoms. The fraction of sp³-hybridized carbons (Fsp3) is 0.100. The number of methoxy groups -OCH3 is 1. The van der Waals surface area contributed by atoms with Crippen LogP contribution in [0.2, 0.25) is 0 Å². The highest BCUT2D eigenvalue weighted by molar-refractivity contribution is 5.85. The largest absolute Gasteiger partial charge is 0.497 e. The summed E-state index contributed by atoms with van der Waals surface area (Å²) in [5, 5.41) is 6.80. The lowest BCUT2D eigenvalue weighted by Crippen LogP contribution is -1.99. The van der Waals surface area contributed by atoms with Crippen LogP contribution >= 0.6 is 24.8 Å². The van der Waals surface area contributed by atoms with Gasteiger partial charge in [-0.3, -0.25) is 0 Å². The zero-order valence-electron chi connectivity index (χ0n) is 13.9. The topological polar surface area (TPSA) is 33.3 Å². The maximum atomic E-state index is 5.17. The van der Waals surface area contributed by atoms with Crippen molar-refractivity contribution in [3.63, 3.8) is 0 Å². The molecule has 0 unspecified atom stereocenters. The van der Waals surface area contributed by atoms with E-state index in [2.05, 4.69) is 59.2 Å². The number of ether oxygens (including phenoxy) is 1. The lowest BCUT2D eigenvalue weighted by molar-refractivity contribution is 0.414. The van der Waals surface area contributed by atoms with Gasteiger partial charge in [-0.15, -0.1) is 24.8 Å². The van der Waals surface area contributed by atoms with E-state index in [1.807, 2.05) is 30.3 Å². The second-order valence-corrected chi connectivity index (χ2v) is 5.27. The molecule has 0 amide bonds. The molecule has 5 heteroatoms. The standard InChI is InChI=1S/C20H20N2O.2ClH/c1-23-20-13-7-16(8-14-20)15-21-17-9-11-19(12-10-17)22-18-5-3-2-4-6-18;;/h2-14,21-22H,15H2,1H3;2*1H. The Morgan fingerprint density at radius 2 is 1.24 bits per heavy atom. The van der Waals surface area contributed by atoms with Gasteiger partial charge in [0.1, 0.15) is 5.75 Å². The van der Waals surface area contributed by atoms with E-state index in [1.54, 1.807) is 7.11 Å². The summed E-state index contributed by atoms with van der Waals surface area (Å²) in [5.41, 5.74) is 4.48. The average molecular weight is 377 g/mol. The molecule has 0 saturated heterocycles. The maximum Gasteiger partial charge on any atom is 0.118 e. The van der Waals surface area contributed by atoms with Gasteiger partial charge in [0.05, 0.1) is 7.11 Å². The fourth-order valence-electron chi connectivity index (χ4n) is 2.31. The van der Waals surface area contributed by atoms with E-state index in [0.717, 1.165) is 29.4 Å². The van der Waals surface area contributed by atoms with Crippen molar-refractivity contribution in [3.8, 4) is 5.75 Å². The van der Waals surface area contributed by atoms with Gasteiger partial charge in [-0.2, -0.15) is 0 Å². The molecule has 3 rings (SSSR count). The predicted octanol–water partition coefficient (Wildman–Crippen LogP) is 5.89. The molecule has 0 bridgehead atoms. The normalized spacial score (nSPS) is 9.32. The van der Waals surface area contributed by atoms with Gasteiger partial charge < -0.3 is 15.4 Å². The minimum atomic E-state index is 0. The molecule has 0 aliphatic rings. The first-order valence-electron chi connectivity index (χ1n) is 7.62. The fourth-order valence-corrected chi connectivity index (χ4v) is 2.31. The number of halogens is 2. The Bertz CT molecular complexity index is 732. The second-order valence-electron chi connectivity index (χ2n) is 5.27. The van der Waals surface area contributed by atoms with Gasteiger partial charge in [0, 0.05) is 23.6 Å². The van der Waals surface area contributed by atoms with E-state index < -0.39 is 0 Å². The van der Waals surface area contributed by atoms with Gasteiger partial charge >= 0.3 is 0 Å².